The Kier molecular flexibility index (Phi) is 4.12. The molecule has 0 amide bonds. The second-order valence-electron chi connectivity index (χ2n) is 5.79. The largest absolute Gasteiger partial charge is 0.388 e. The molecule has 0 heterocycles. The third-order valence-corrected chi connectivity index (χ3v) is 6.51. The molecule has 1 fully saturated rings. The first kappa shape index (κ1) is 15.3. The molecule has 2 rings (SSSR count). The Hall–Kier alpha value is -1.07. The van der Waals surface area contributed by atoms with Gasteiger partial charge >= 0.3 is 0 Å². The summed E-state index contributed by atoms with van der Waals surface area (Å²) in [5.74, 6) is 0.520. The molecule has 0 bridgehead atoms. The summed E-state index contributed by atoms with van der Waals surface area (Å²) in [4.78, 5) is 0.450. The third-order valence-electron chi connectivity index (χ3n) is 4.26. The molecule has 1 N–H and O–H groups in total. The van der Waals surface area contributed by atoms with Crippen LogP contribution in [0.5, 0.6) is 0 Å². The van der Waals surface area contributed by atoms with E-state index in [9.17, 15) is 8.42 Å². The Morgan fingerprint density at radius 3 is 2.15 bits per heavy atom. The van der Waals surface area contributed by atoms with Gasteiger partial charge in [0.2, 0.25) is 10.0 Å². The van der Waals surface area contributed by atoms with Crippen LogP contribution in [0.1, 0.15) is 30.9 Å². The van der Waals surface area contributed by atoms with Crippen molar-refractivity contribution < 1.29 is 8.42 Å². The fourth-order valence-corrected chi connectivity index (χ4v) is 4.57. The van der Waals surface area contributed by atoms with Gasteiger partial charge in [0, 0.05) is 25.8 Å². The van der Waals surface area contributed by atoms with Crippen LogP contribution in [0.2, 0.25) is 0 Å². The molecule has 0 spiro atoms. The number of sulfonamides is 1. The van der Waals surface area contributed by atoms with Crippen molar-refractivity contribution in [2.45, 2.75) is 44.6 Å². The van der Waals surface area contributed by atoms with Crippen molar-refractivity contribution in [3.8, 4) is 0 Å². The topological polar surface area (TPSA) is 49.4 Å². The second kappa shape index (κ2) is 5.37. The first-order valence-corrected chi connectivity index (χ1v) is 8.50. The second-order valence-corrected chi connectivity index (χ2v) is 7.72. The zero-order valence-corrected chi connectivity index (χ0v) is 13.7. The molecule has 1 aromatic rings. The van der Waals surface area contributed by atoms with E-state index in [0.717, 1.165) is 29.7 Å². The van der Waals surface area contributed by atoms with E-state index in [4.69, 9.17) is 0 Å². The van der Waals surface area contributed by atoms with Gasteiger partial charge < -0.3 is 5.32 Å². The molecular formula is C15H24N2O2S. The SMILES string of the molecule is CNc1cc(C)c(S(=O)(=O)N(C)C(C)C2CC2)c(C)c1. The predicted molar refractivity (Wildman–Crippen MR) is 82.6 cm³/mol. The van der Waals surface area contributed by atoms with Crippen molar-refractivity contribution in [1.29, 1.82) is 0 Å². The maximum atomic E-state index is 12.9. The molecule has 0 aromatic heterocycles. The van der Waals surface area contributed by atoms with Crippen molar-refractivity contribution >= 4 is 15.7 Å². The molecular weight excluding hydrogens is 272 g/mol. The van der Waals surface area contributed by atoms with Crippen LogP contribution in [0.15, 0.2) is 17.0 Å². The van der Waals surface area contributed by atoms with Crippen LogP contribution in [-0.4, -0.2) is 32.9 Å². The van der Waals surface area contributed by atoms with E-state index < -0.39 is 10.0 Å². The van der Waals surface area contributed by atoms with Crippen LogP contribution in [0.4, 0.5) is 5.69 Å². The van der Waals surface area contributed by atoms with Gasteiger partial charge in [0.25, 0.3) is 0 Å². The molecule has 112 valence electrons. The maximum absolute atomic E-state index is 12.9. The van der Waals surface area contributed by atoms with Crippen LogP contribution in [-0.2, 0) is 10.0 Å². The quantitative estimate of drug-likeness (QED) is 0.909. The monoisotopic (exact) mass is 296 g/mol. The zero-order chi connectivity index (χ0) is 15.1. The fraction of sp³-hybridized carbons (Fsp3) is 0.600. The van der Waals surface area contributed by atoms with Gasteiger partial charge in [-0.25, -0.2) is 8.42 Å². The van der Waals surface area contributed by atoms with Gasteiger partial charge in [-0.15, -0.1) is 0 Å². The fourth-order valence-electron chi connectivity index (χ4n) is 2.74. The molecule has 0 aliphatic heterocycles. The summed E-state index contributed by atoms with van der Waals surface area (Å²) < 4.78 is 27.2. The van der Waals surface area contributed by atoms with Crippen LogP contribution < -0.4 is 5.32 Å². The van der Waals surface area contributed by atoms with E-state index in [2.05, 4.69) is 5.32 Å². The molecule has 1 aliphatic carbocycles. The van der Waals surface area contributed by atoms with Crippen LogP contribution in [0, 0.1) is 19.8 Å². The number of hydrogen-bond acceptors (Lipinski definition) is 3. The van der Waals surface area contributed by atoms with Gasteiger partial charge in [0.15, 0.2) is 0 Å². The zero-order valence-electron chi connectivity index (χ0n) is 12.9. The van der Waals surface area contributed by atoms with Crippen molar-refractivity contribution in [1.82, 2.24) is 4.31 Å². The lowest BCUT2D eigenvalue weighted by molar-refractivity contribution is 0.356. The summed E-state index contributed by atoms with van der Waals surface area (Å²) in [6, 6.07) is 3.84. The number of hydrogen-bond donors (Lipinski definition) is 1. The van der Waals surface area contributed by atoms with Crippen molar-refractivity contribution in [3.63, 3.8) is 0 Å². The first-order chi connectivity index (χ1) is 9.28. The molecule has 4 nitrogen and oxygen atoms in total. The number of nitrogens with zero attached hydrogens (tertiary/aromatic N) is 1. The molecule has 20 heavy (non-hydrogen) atoms. The molecule has 1 unspecified atom stereocenters. The van der Waals surface area contributed by atoms with E-state index in [1.54, 1.807) is 11.4 Å². The standard InChI is InChI=1S/C15H24N2O2S/c1-10-8-14(16-4)9-11(2)15(10)20(18,19)17(5)12(3)13-6-7-13/h8-9,12-13,16H,6-7H2,1-5H3. The van der Waals surface area contributed by atoms with Crippen LogP contribution in [0.25, 0.3) is 0 Å². The summed E-state index contributed by atoms with van der Waals surface area (Å²) in [5.41, 5.74) is 2.53. The molecule has 1 saturated carbocycles. The Bertz CT molecular complexity index is 583. The van der Waals surface area contributed by atoms with Crippen LogP contribution >= 0.6 is 0 Å². The summed E-state index contributed by atoms with van der Waals surface area (Å²) in [6.07, 6.45) is 2.27. The van der Waals surface area contributed by atoms with Gasteiger partial charge in [-0.2, -0.15) is 4.31 Å². The minimum absolute atomic E-state index is 0.0720. The molecule has 0 radical (unpaired) electrons. The minimum atomic E-state index is -3.42. The summed E-state index contributed by atoms with van der Waals surface area (Å²) in [7, 11) is 0.111. The molecule has 1 atom stereocenters. The molecule has 0 saturated heterocycles. The summed E-state index contributed by atoms with van der Waals surface area (Å²) >= 11 is 0. The summed E-state index contributed by atoms with van der Waals surface area (Å²) in [5, 5.41) is 3.06. The van der Waals surface area contributed by atoms with Crippen molar-refractivity contribution in [2.75, 3.05) is 19.4 Å². The highest BCUT2D eigenvalue weighted by atomic mass is 32.2. The highest BCUT2D eigenvalue weighted by molar-refractivity contribution is 7.89. The molecule has 1 aliphatic rings. The van der Waals surface area contributed by atoms with E-state index in [0.29, 0.717) is 10.8 Å². The Labute approximate surface area is 122 Å². The van der Waals surface area contributed by atoms with Gasteiger partial charge in [0.05, 0.1) is 4.90 Å². The average Bonchev–Trinajstić information content (AvgIpc) is 3.19. The predicted octanol–water partition coefficient (Wildman–Crippen LogP) is 2.76. The number of anilines is 1. The summed E-state index contributed by atoms with van der Waals surface area (Å²) in [6.45, 7) is 5.72. The van der Waals surface area contributed by atoms with Crippen LogP contribution in [0.3, 0.4) is 0 Å². The van der Waals surface area contributed by atoms with Gasteiger partial charge in [-0.05, 0) is 62.8 Å². The highest BCUT2D eigenvalue weighted by Crippen LogP contribution is 2.37. The Morgan fingerprint density at radius 2 is 1.75 bits per heavy atom. The average molecular weight is 296 g/mol. The minimum Gasteiger partial charge on any atom is -0.388 e. The van der Waals surface area contributed by atoms with Gasteiger partial charge in [-0.3, -0.25) is 0 Å². The van der Waals surface area contributed by atoms with E-state index >= 15 is 0 Å². The van der Waals surface area contributed by atoms with E-state index in [1.807, 2.05) is 40.0 Å². The lowest BCUT2D eigenvalue weighted by Crippen LogP contribution is -2.37. The smallest absolute Gasteiger partial charge is 0.243 e. The lowest BCUT2D eigenvalue weighted by Gasteiger charge is -2.26. The lowest BCUT2D eigenvalue weighted by atomic mass is 10.1. The third kappa shape index (κ3) is 2.69. The number of rotatable bonds is 5. The van der Waals surface area contributed by atoms with Gasteiger partial charge in [-0.1, -0.05) is 0 Å². The highest BCUT2D eigenvalue weighted by Gasteiger charge is 2.37. The Balaban J connectivity index is 2.43. The Morgan fingerprint density at radius 1 is 1.25 bits per heavy atom. The normalized spacial score (nSPS) is 17.3. The first-order valence-electron chi connectivity index (χ1n) is 7.06. The van der Waals surface area contributed by atoms with Crippen molar-refractivity contribution in [2.24, 2.45) is 5.92 Å². The van der Waals surface area contributed by atoms with E-state index in [-0.39, 0.29) is 6.04 Å². The molecule has 1 aromatic carbocycles. The van der Waals surface area contributed by atoms with Gasteiger partial charge in [0.1, 0.15) is 0 Å². The number of aryl methyl sites for hydroxylation is 2. The number of nitrogens with one attached hydrogen (secondary N) is 1. The number of benzene rings is 1. The van der Waals surface area contributed by atoms with E-state index in [1.165, 1.54) is 0 Å². The maximum Gasteiger partial charge on any atom is 0.243 e. The molecule has 5 heteroatoms. The van der Waals surface area contributed by atoms with Crippen molar-refractivity contribution in [3.05, 3.63) is 23.3 Å².